The normalized spacial score (nSPS) is 13.0. The van der Waals surface area contributed by atoms with Gasteiger partial charge in [0.25, 0.3) is 0 Å². The molecule has 0 bridgehead atoms. The molecule has 7 nitrogen and oxygen atoms in total. The molecule has 0 saturated heterocycles. The van der Waals surface area contributed by atoms with Crippen molar-refractivity contribution in [2.75, 3.05) is 18.6 Å². The van der Waals surface area contributed by atoms with E-state index in [9.17, 15) is 18.0 Å². The van der Waals surface area contributed by atoms with Gasteiger partial charge in [0.15, 0.2) is 0 Å². The maximum Gasteiger partial charge on any atom is 0.240 e. The molecule has 0 spiro atoms. The Morgan fingerprint density at radius 1 is 1.28 bits per heavy atom. The molecule has 0 heterocycles. The van der Waals surface area contributed by atoms with Gasteiger partial charge in [-0.05, 0) is 25.8 Å². The van der Waals surface area contributed by atoms with Gasteiger partial charge in [0.05, 0.1) is 5.75 Å². The lowest BCUT2D eigenvalue weighted by atomic mass is 10.2. The number of hydrogen-bond acceptors (Lipinski definition) is 5. The van der Waals surface area contributed by atoms with Gasteiger partial charge < -0.3 is 16.8 Å². The minimum atomic E-state index is -3.19. The molecule has 106 valence electrons. The van der Waals surface area contributed by atoms with Gasteiger partial charge in [0.2, 0.25) is 11.8 Å². The molecule has 5 N–H and O–H groups in total. The molecule has 0 aliphatic carbocycles. The molecule has 0 fully saturated rings. The maximum atomic E-state index is 11.4. The third kappa shape index (κ3) is 8.94. The SMILES string of the molecule is CS(=O)(=O)CCC(NC(=O)CCCCN)C(N)=O. The van der Waals surface area contributed by atoms with Gasteiger partial charge in [-0.15, -0.1) is 0 Å². The minimum absolute atomic E-state index is 0.00318. The van der Waals surface area contributed by atoms with Crippen LogP contribution in [0.4, 0.5) is 0 Å². The maximum absolute atomic E-state index is 11.4. The van der Waals surface area contributed by atoms with Crippen LogP contribution in [-0.4, -0.2) is 44.8 Å². The van der Waals surface area contributed by atoms with Crippen molar-refractivity contribution in [1.82, 2.24) is 5.32 Å². The Balaban J connectivity index is 4.19. The summed E-state index contributed by atoms with van der Waals surface area (Å²) in [6.07, 6.45) is 2.66. The largest absolute Gasteiger partial charge is 0.368 e. The number of amides is 2. The summed E-state index contributed by atoms with van der Waals surface area (Å²) in [6, 6.07) is -0.940. The van der Waals surface area contributed by atoms with Gasteiger partial charge in [-0.25, -0.2) is 8.42 Å². The third-order valence-corrected chi connectivity index (χ3v) is 3.29. The lowest BCUT2D eigenvalue weighted by Crippen LogP contribution is -2.45. The van der Waals surface area contributed by atoms with E-state index in [2.05, 4.69) is 5.32 Å². The zero-order valence-electron chi connectivity index (χ0n) is 10.5. The minimum Gasteiger partial charge on any atom is -0.368 e. The second-order valence-electron chi connectivity index (χ2n) is 4.19. The van der Waals surface area contributed by atoms with Crippen LogP contribution in [0.5, 0.6) is 0 Å². The molecule has 0 aromatic carbocycles. The van der Waals surface area contributed by atoms with Crippen molar-refractivity contribution in [3.05, 3.63) is 0 Å². The summed E-state index contributed by atoms with van der Waals surface area (Å²) in [5.41, 5.74) is 10.4. The molecule has 0 saturated carbocycles. The molecule has 0 aliphatic rings. The molecule has 1 atom stereocenters. The van der Waals surface area contributed by atoms with E-state index in [1.54, 1.807) is 0 Å². The van der Waals surface area contributed by atoms with Gasteiger partial charge in [0, 0.05) is 12.7 Å². The van der Waals surface area contributed by atoms with E-state index in [1.165, 1.54) is 0 Å². The predicted molar refractivity (Wildman–Crippen MR) is 68.4 cm³/mol. The summed E-state index contributed by atoms with van der Waals surface area (Å²) in [5, 5.41) is 2.43. The van der Waals surface area contributed by atoms with Crippen LogP contribution in [0.25, 0.3) is 0 Å². The Morgan fingerprint density at radius 2 is 1.89 bits per heavy atom. The fraction of sp³-hybridized carbons (Fsp3) is 0.800. The number of sulfone groups is 1. The molecular formula is C10H21N3O4S. The first-order valence-corrected chi connectivity index (χ1v) is 7.79. The number of hydrogen-bond donors (Lipinski definition) is 3. The Labute approximate surface area is 107 Å². The number of carbonyl (C=O) groups is 2. The van der Waals surface area contributed by atoms with Crippen molar-refractivity contribution in [2.24, 2.45) is 11.5 Å². The average Bonchev–Trinajstić information content (AvgIpc) is 2.22. The number of carbonyl (C=O) groups excluding carboxylic acids is 2. The van der Waals surface area contributed by atoms with E-state index in [0.29, 0.717) is 13.0 Å². The first-order valence-electron chi connectivity index (χ1n) is 5.72. The van der Waals surface area contributed by atoms with Crippen molar-refractivity contribution < 1.29 is 18.0 Å². The summed E-state index contributed by atoms with van der Waals surface area (Å²) in [6.45, 7) is 0.501. The smallest absolute Gasteiger partial charge is 0.240 e. The second-order valence-corrected chi connectivity index (χ2v) is 6.45. The molecule has 1 unspecified atom stereocenters. The van der Waals surface area contributed by atoms with Crippen LogP contribution in [0.15, 0.2) is 0 Å². The van der Waals surface area contributed by atoms with E-state index in [-0.39, 0.29) is 24.5 Å². The van der Waals surface area contributed by atoms with E-state index in [0.717, 1.165) is 12.7 Å². The molecule has 2 amide bonds. The Morgan fingerprint density at radius 3 is 2.33 bits per heavy atom. The van der Waals surface area contributed by atoms with E-state index < -0.39 is 21.8 Å². The van der Waals surface area contributed by atoms with Crippen LogP contribution in [0.1, 0.15) is 25.7 Å². The third-order valence-electron chi connectivity index (χ3n) is 2.31. The molecule has 8 heteroatoms. The molecular weight excluding hydrogens is 258 g/mol. The fourth-order valence-corrected chi connectivity index (χ4v) is 1.98. The first kappa shape index (κ1) is 16.9. The van der Waals surface area contributed by atoms with Crippen molar-refractivity contribution >= 4 is 21.7 Å². The van der Waals surface area contributed by atoms with E-state index in [4.69, 9.17) is 11.5 Å². The summed E-state index contributed by atoms with van der Waals surface area (Å²) < 4.78 is 22.0. The van der Waals surface area contributed by atoms with Crippen LogP contribution in [0.2, 0.25) is 0 Å². The van der Waals surface area contributed by atoms with Crippen molar-refractivity contribution in [1.29, 1.82) is 0 Å². The highest BCUT2D eigenvalue weighted by Gasteiger charge is 2.19. The fourth-order valence-electron chi connectivity index (χ4n) is 1.31. The number of rotatable bonds is 9. The summed E-state index contributed by atoms with van der Waals surface area (Å²) >= 11 is 0. The highest BCUT2D eigenvalue weighted by Crippen LogP contribution is 1.99. The highest BCUT2D eigenvalue weighted by molar-refractivity contribution is 7.90. The summed E-state index contributed by atoms with van der Waals surface area (Å²) in [7, 11) is -3.19. The average molecular weight is 279 g/mol. The monoisotopic (exact) mass is 279 g/mol. The second kappa shape index (κ2) is 8.04. The van der Waals surface area contributed by atoms with Gasteiger partial charge in [-0.1, -0.05) is 0 Å². The van der Waals surface area contributed by atoms with Crippen LogP contribution in [-0.2, 0) is 19.4 Å². The first-order chi connectivity index (χ1) is 8.26. The zero-order chi connectivity index (χ0) is 14.2. The van der Waals surface area contributed by atoms with Gasteiger partial charge in [-0.2, -0.15) is 0 Å². The van der Waals surface area contributed by atoms with Crippen molar-refractivity contribution in [3.8, 4) is 0 Å². The standard InChI is InChI=1S/C10H21N3O4S/c1-18(16,17)7-5-8(10(12)15)13-9(14)4-2-3-6-11/h8H,2-7,11H2,1H3,(H2,12,15)(H,13,14). The molecule has 18 heavy (non-hydrogen) atoms. The number of unbranched alkanes of at least 4 members (excludes halogenated alkanes) is 1. The molecule has 0 aromatic rings. The Kier molecular flexibility index (Phi) is 7.53. The number of primary amides is 1. The molecule has 0 rings (SSSR count). The Bertz CT molecular complexity index is 381. The lowest BCUT2D eigenvalue weighted by Gasteiger charge is -2.14. The quantitative estimate of drug-likeness (QED) is 0.443. The van der Waals surface area contributed by atoms with Crippen molar-refractivity contribution in [2.45, 2.75) is 31.7 Å². The lowest BCUT2D eigenvalue weighted by molar-refractivity contribution is -0.127. The Hall–Kier alpha value is -1.15. The van der Waals surface area contributed by atoms with Crippen LogP contribution in [0.3, 0.4) is 0 Å². The van der Waals surface area contributed by atoms with Crippen molar-refractivity contribution in [3.63, 3.8) is 0 Å². The van der Waals surface area contributed by atoms with Crippen LogP contribution < -0.4 is 16.8 Å². The van der Waals surface area contributed by atoms with Crippen LogP contribution >= 0.6 is 0 Å². The molecule has 0 aromatic heterocycles. The predicted octanol–water partition coefficient (Wildman–Crippen LogP) is -1.48. The highest BCUT2D eigenvalue weighted by atomic mass is 32.2. The summed E-state index contributed by atoms with van der Waals surface area (Å²) in [4.78, 5) is 22.5. The molecule has 0 aliphatic heterocycles. The zero-order valence-corrected chi connectivity index (χ0v) is 11.3. The van der Waals surface area contributed by atoms with Gasteiger partial charge in [-0.3, -0.25) is 9.59 Å². The van der Waals surface area contributed by atoms with Gasteiger partial charge in [0.1, 0.15) is 15.9 Å². The summed E-state index contributed by atoms with van der Waals surface area (Å²) in [5.74, 6) is -1.24. The topological polar surface area (TPSA) is 132 Å². The number of nitrogens with two attached hydrogens (primary N) is 2. The molecule has 0 radical (unpaired) electrons. The van der Waals surface area contributed by atoms with Gasteiger partial charge >= 0.3 is 0 Å². The van der Waals surface area contributed by atoms with E-state index >= 15 is 0 Å². The van der Waals surface area contributed by atoms with Crippen LogP contribution in [0, 0.1) is 0 Å². The number of nitrogens with one attached hydrogen (secondary N) is 1. The van der Waals surface area contributed by atoms with E-state index in [1.807, 2.05) is 0 Å².